The fraction of sp³-hybridized carbons (Fsp3) is 0.111. The van der Waals surface area contributed by atoms with Crippen molar-refractivity contribution in [3.05, 3.63) is 64.4 Å². The van der Waals surface area contributed by atoms with E-state index in [9.17, 15) is 4.79 Å². The fourth-order valence-corrected chi connectivity index (χ4v) is 3.91. The van der Waals surface area contributed by atoms with Gasteiger partial charge in [-0.3, -0.25) is 4.79 Å². The summed E-state index contributed by atoms with van der Waals surface area (Å²) in [7, 11) is 1.62. The van der Waals surface area contributed by atoms with Crippen LogP contribution in [0.25, 0.3) is 16.7 Å². The monoisotopic (exact) mass is 352 g/mol. The highest BCUT2D eigenvalue weighted by Crippen LogP contribution is 2.44. The number of methoxy groups -OCH3 is 1. The lowest BCUT2D eigenvalue weighted by Gasteiger charge is -2.22. The molecule has 0 fully saturated rings. The van der Waals surface area contributed by atoms with Crippen molar-refractivity contribution < 1.29 is 9.53 Å². The van der Waals surface area contributed by atoms with Crippen LogP contribution in [0.3, 0.4) is 0 Å². The molecule has 0 aliphatic carbocycles. The molecule has 0 unspecified atom stereocenters. The molecular formula is C18H13ClN4O2. The normalized spacial score (nSPS) is 18.0. The molecule has 1 amide bonds. The number of hydrogen-bond acceptors (Lipinski definition) is 4. The SMILES string of the molecule is COc1ccc2nc3n(c2c1)[C@@H]1C=C3N(N)C(=O)c2cccc(Cl)c21. The van der Waals surface area contributed by atoms with Gasteiger partial charge in [-0.05, 0) is 30.3 Å². The van der Waals surface area contributed by atoms with Crippen LogP contribution < -0.4 is 10.6 Å². The highest BCUT2D eigenvalue weighted by atomic mass is 35.5. The summed E-state index contributed by atoms with van der Waals surface area (Å²) in [5.74, 6) is 7.21. The molecular weight excluding hydrogens is 340 g/mol. The molecule has 25 heavy (non-hydrogen) atoms. The molecule has 0 spiro atoms. The average molecular weight is 353 g/mol. The van der Waals surface area contributed by atoms with E-state index in [1.807, 2.05) is 28.8 Å². The van der Waals surface area contributed by atoms with E-state index in [-0.39, 0.29) is 11.9 Å². The van der Waals surface area contributed by atoms with Gasteiger partial charge in [0.2, 0.25) is 0 Å². The van der Waals surface area contributed by atoms with Crippen LogP contribution >= 0.6 is 11.6 Å². The van der Waals surface area contributed by atoms with Crippen LogP contribution in [-0.2, 0) is 0 Å². The molecule has 3 aromatic rings. The van der Waals surface area contributed by atoms with Crippen molar-refractivity contribution in [1.82, 2.24) is 14.6 Å². The number of nitrogens with two attached hydrogens (primary N) is 1. The second kappa shape index (κ2) is 4.84. The number of amides is 1. The van der Waals surface area contributed by atoms with Gasteiger partial charge in [-0.15, -0.1) is 0 Å². The van der Waals surface area contributed by atoms with Gasteiger partial charge in [0.15, 0.2) is 5.82 Å². The van der Waals surface area contributed by atoms with Crippen molar-refractivity contribution in [2.45, 2.75) is 6.04 Å². The first-order chi connectivity index (χ1) is 12.1. The molecule has 2 N–H and O–H groups in total. The number of hydrazine groups is 1. The summed E-state index contributed by atoms with van der Waals surface area (Å²) >= 11 is 6.46. The third kappa shape index (κ3) is 1.78. The van der Waals surface area contributed by atoms with Gasteiger partial charge in [0.05, 0.1) is 24.2 Å². The standard InChI is InChI=1S/C18H13ClN4O2/c1-25-9-5-6-12-13(7-9)22-14-8-15(17(22)21-12)23(20)18(24)10-3-2-4-11(19)16(10)14/h2-8,14H,20H2,1H3/t14-/m1/s1. The molecule has 2 aliphatic rings. The van der Waals surface area contributed by atoms with Crippen molar-refractivity contribution >= 4 is 34.2 Å². The zero-order valence-electron chi connectivity index (χ0n) is 13.2. The second-order valence-electron chi connectivity index (χ2n) is 6.03. The van der Waals surface area contributed by atoms with E-state index in [1.165, 1.54) is 0 Å². The van der Waals surface area contributed by atoms with Crippen LogP contribution in [0.1, 0.15) is 27.8 Å². The van der Waals surface area contributed by atoms with Gasteiger partial charge in [0, 0.05) is 22.2 Å². The lowest BCUT2D eigenvalue weighted by atomic mass is 10.0. The average Bonchev–Trinajstić information content (AvgIpc) is 3.13. The highest BCUT2D eigenvalue weighted by Gasteiger charge is 2.39. The summed E-state index contributed by atoms with van der Waals surface area (Å²) in [6.45, 7) is 0. The first-order valence-corrected chi connectivity index (χ1v) is 8.13. The van der Waals surface area contributed by atoms with Crippen molar-refractivity contribution in [3.8, 4) is 5.75 Å². The summed E-state index contributed by atoms with van der Waals surface area (Å²) in [5, 5.41) is 1.68. The summed E-state index contributed by atoms with van der Waals surface area (Å²) < 4.78 is 7.39. The second-order valence-corrected chi connectivity index (χ2v) is 6.44. The molecule has 124 valence electrons. The van der Waals surface area contributed by atoms with E-state index in [0.717, 1.165) is 27.4 Å². The van der Waals surface area contributed by atoms with E-state index in [2.05, 4.69) is 4.98 Å². The number of allylic oxidation sites excluding steroid dienone is 1. The van der Waals surface area contributed by atoms with Crippen LogP contribution in [0.15, 0.2) is 42.5 Å². The molecule has 0 saturated heterocycles. The largest absolute Gasteiger partial charge is 0.497 e. The zero-order valence-corrected chi connectivity index (χ0v) is 14.0. The van der Waals surface area contributed by atoms with E-state index in [1.54, 1.807) is 25.3 Å². The maximum atomic E-state index is 12.7. The number of rotatable bonds is 1. The lowest BCUT2D eigenvalue weighted by molar-refractivity contribution is 0.0834. The van der Waals surface area contributed by atoms with Gasteiger partial charge in [0.25, 0.3) is 5.91 Å². The number of carbonyl (C=O) groups excluding carboxylic acids is 1. The number of halogens is 1. The Kier molecular flexibility index (Phi) is 2.81. The van der Waals surface area contributed by atoms with Crippen LogP contribution in [0, 0.1) is 0 Å². The predicted molar refractivity (Wildman–Crippen MR) is 94.2 cm³/mol. The summed E-state index contributed by atoms with van der Waals surface area (Å²) in [6, 6.07) is 10.7. The Bertz CT molecular complexity index is 1100. The summed E-state index contributed by atoms with van der Waals surface area (Å²) in [4.78, 5) is 17.4. The topological polar surface area (TPSA) is 73.4 Å². The van der Waals surface area contributed by atoms with Crippen LogP contribution in [-0.4, -0.2) is 27.6 Å². The zero-order chi connectivity index (χ0) is 17.3. The van der Waals surface area contributed by atoms with Gasteiger partial charge in [0.1, 0.15) is 11.4 Å². The summed E-state index contributed by atoms with van der Waals surface area (Å²) in [5.41, 5.74) is 3.53. The molecule has 0 saturated carbocycles. The Morgan fingerprint density at radius 3 is 2.92 bits per heavy atom. The van der Waals surface area contributed by atoms with Crippen LogP contribution in [0.5, 0.6) is 5.75 Å². The van der Waals surface area contributed by atoms with Gasteiger partial charge >= 0.3 is 0 Å². The minimum Gasteiger partial charge on any atom is -0.497 e. The smallest absolute Gasteiger partial charge is 0.272 e. The first kappa shape index (κ1) is 14.5. The van der Waals surface area contributed by atoms with Crippen molar-refractivity contribution in [1.29, 1.82) is 0 Å². The number of hydrogen-bond donors (Lipinski definition) is 1. The molecule has 1 atom stereocenters. The predicted octanol–water partition coefficient (Wildman–Crippen LogP) is 2.97. The van der Waals surface area contributed by atoms with Crippen molar-refractivity contribution in [3.63, 3.8) is 0 Å². The lowest BCUT2D eigenvalue weighted by Crippen LogP contribution is -2.36. The Labute approximate surface area is 148 Å². The summed E-state index contributed by atoms with van der Waals surface area (Å²) in [6.07, 6.45) is 1.93. The third-order valence-corrected chi connectivity index (χ3v) is 5.11. The number of benzene rings is 2. The van der Waals surface area contributed by atoms with Gasteiger partial charge in [-0.25, -0.2) is 15.8 Å². The molecule has 3 heterocycles. The maximum Gasteiger partial charge on any atom is 0.272 e. The van der Waals surface area contributed by atoms with Gasteiger partial charge < -0.3 is 9.30 Å². The van der Waals surface area contributed by atoms with Crippen LogP contribution in [0.4, 0.5) is 0 Å². The van der Waals surface area contributed by atoms with Gasteiger partial charge in [-0.1, -0.05) is 17.7 Å². The minimum atomic E-state index is -0.290. The molecule has 2 aliphatic heterocycles. The molecule has 7 heteroatoms. The Morgan fingerprint density at radius 2 is 2.12 bits per heavy atom. The number of nitrogens with zero attached hydrogens (tertiary/aromatic N) is 3. The number of ether oxygens (including phenoxy) is 1. The third-order valence-electron chi connectivity index (χ3n) is 4.78. The molecule has 5 rings (SSSR count). The molecule has 2 bridgehead atoms. The Hall–Kier alpha value is -2.83. The number of aromatic nitrogens is 2. The van der Waals surface area contributed by atoms with E-state index < -0.39 is 0 Å². The van der Waals surface area contributed by atoms with Crippen LogP contribution in [0.2, 0.25) is 5.02 Å². The quantitative estimate of drug-likeness (QED) is 0.539. The van der Waals surface area contributed by atoms with E-state index in [4.69, 9.17) is 22.2 Å². The van der Waals surface area contributed by atoms with Crippen molar-refractivity contribution in [2.24, 2.45) is 5.84 Å². The maximum absolute atomic E-state index is 12.7. The van der Waals surface area contributed by atoms with E-state index >= 15 is 0 Å². The molecule has 6 nitrogen and oxygen atoms in total. The van der Waals surface area contributed by atoms with Gasteiger partial charge in [-0.2, -0.15) is 0 Å². The van der Waals surface area contributed by atoms with E-state index in [0.29, 0.717) is 22.1 Å². The fourth-order valence-electron chi connectivity index (χ4n) is 3.62. The van der Waals surface area contributed by atoms with Crippen molar-refractivity contribution in [2.75, 3.05) is 7.11 Å². The Morgan fingerprint density at radius 1 is 1.28 bits per heavy atom. The molecule has 1 aromatic heterocycles. The number of imidazole rings is 1. The number of carbonyl (C=O) groups is 1. The number of fused-ring (bicyclic) bond motifs is 8. The molecule has 0 radical (unpaired) electrons. The first-order valence-electron chi connectivity index (χ1n) is 7.76. The highest BCUT2D eigenvalue weighted by molar-refractivity contribution is 6.32. The minimum absolute atomic E-state index is 0.247. The molecule has 2 aromatic carbocycles. The Balaban J connectivity index is 1.87.